The zero-order valence-electron chi connectivity index (χ0n) is 12.6. The van der Waals surface area contributed by atoms with Gasteiger partial charge < -0.3 is 15.2 Å². The van der Waals surface area contributed by atoms with E-state index < -0.39 is 5.97 Å². The lowest BCUT2D eigenvalue weighted by atomic mass is 9.94. The van der Waals surface area contributed by atoms with Gasteiger partial charge in [0.05, 0.1) is 18.6 Å². The van der Waals surface area contributed by atoms with Crippen LogP contribution in [0, 0.1) is 11.8 Å². The molecule has 0 aromatic carbocycles. The Morgan fingerprint density at radius 2 is 2.10 bits per heavy atom. The fourth-order valence-corrected chi connectivity index (χ4v) is 2.71. The number of ether oxygens (including phenoxy) is 1. The summed E-state index contributed by atoms with van der Waals surface area (Å²) in [6.07, 6.45) is 4.81. The van der Waals surface area contributed by atoms with E-state index >= 15 is 0 Å². The fourth-order valence-electron chi connectivity index (χ4n) is 2.71. The van der Waals surface area contributed by atoms with Gasteiger partial charge in [0.2, 0.25) is 5.91 Å². The Bertz CT molecular complexity index is 319. The molecule has 0 radical (unpaired) electrons. The Hall–Kier alpha value is -1.10. The topological polar surface area (TPSA) is 75.6 Å². The molecule has 3 atom stereocenters. The first-order valence-corrected chi connectivity index (χ1v) is 7.64. The molecule has 0 spiro atoms. The summed E-state index contributed by atoms with van der Waals surface area (Å²) < 4.78 is 5.39. The quantitative estimate of drug-likeness (QED) is 0.681. The van der Waals surface area contributed by atoms with E-state index in [1.54, 1.807) is 0 Å². The van der Waals surface area contributed by atoms with Gasteiger partial charge in [-0.2, -0.15) is 0 Å². The van der Waals surface area contributed by atoms with Crippen molar-refractivity contribution in [3.8, 4) is 0 Å². The lowest BCUT2D eigenvalue weighted by molar-refractivity contribution is -0.137. The number of hydrogen-bond donors (Lipinski definition) is 2. The number of carboxylic acids is 1. The number of carbonyl (C=O) groups is 2. The van der Waals surface area contributed by atoms with Gasteiger partial charge >= 0.3 is 5.97 Å². The maximum absolute atomic E-state index is 11.9. The SMILES string of the molecule is CCCC(CCNC(=O)C1COC(C)C1)CCC(=O)O. The zero-order chi connectivity index (χ0) is 15.0. The monoisotopic (exact) mass is 285 g/mol. The van der Waals surface area contributed by atoms with Crippen molar-refractivity contribution in [1.82, 2.24) is 5.32 Å². The fraction of sp³-hybridized carbons (Fsp3) is 0.867. The highest BCUT2D eigenvalue weighted by molar-refractivity contribution is 5.79. The molecule has 0 aromatic rings. The van der Waals surface area contributed by atoms with E-state index in [0.717, 1.165) is 25.7 Å². The molecule has 1 rings (SSSR count). The maximum atomic E-state index is 11.9. The van der Waals surface area contributed by atoms with Crippen molar-refractivity contribution in [2.45, 2.75) is 58.5 Å². The number of rotatable bonds is 9. The van der Waals surface area contributed by atoms with E-state index in [4.69, 9.17) is 9.84 Å². The largest absolute Gasteiger partial charge is 0.481 e. The minimum absolute atomic E-state index is 0.0198. The summed E-state index contributed by atoms with van der Waals surface area (Å²) in [6, 6.07) is 0. The third-order valence-corrected chi connectivity index (χ3v) is 3.88. The molecule has 1 saturated heterocycles. The molecule has 5 heteroatoms. The minimum Gasteiger partial charge on any atom is -0.481 e. The average molecular weight is 285 g/mol. The molecule has 1 fully saturated rings. The lowest BCUT2D eigenvalue weighted by Gasteiger charge is -2.16. The zero-order valence-corrected chi connectivity index (χ0v) is 12.6. The van der Waals surface area contributed by atoms with E-state index in [-0.39, 0.29) is 24.3 Å². The Kier molecular flexibility index (Phi) is 7.59. The Labute approximate surface area is 121 Å². The van der Waals surface area contributed by atoms with Crippen LogP contribution in [0.25, 0.3) is 0 Å². The van der Waals surface area contributed by atoms with Crippen LogP contribution in [0.3, 0.4) is 0 Å². The molecular weight excluding hydrogens is 258 g/mol. The summed E-state index contributed by atoms with van der Waals surface area (Å²) in [5.74, 6) is -0.307. The van der Waals surface area contributed by atoms with Crippen LogP contribution in [0.5, 0.6) is 0 Å². The van der Waals surface area contributed by atoms with Crippen LogP contribution in [-0.2, 0) is 14.3 Å². The summed E-state index contributed by atoms with van der Waals surface area (Å²) in [6.45, 7) is 5.23. The molecule has 1 aliphatic heterocycles. The summed E-state index contributed by atoms with van der Waals surface area (Å²) >= 11 is 0. The highest BCUT2D eigenvalue weighted by Crippen LogP contribution is 2.20. The number of hydrogen-bond acceptors (Lipinski definition) is 3. The first-order valence-electron chi connectivity index (χ1n) is 7.64. The van der Waals surface area contributed by atoms with E-state index in [0.29, 0.717) is 25.5 Å². The maximum Gasteiger partial charge on any atom is 0.303 e. The van der Waals surface area contributed by atoms with Crippen LogP contribution < -0.4 is 5.32 Å². The number of amides is 1. The van der Waals surface area contributed by atoms with Gasteiger partial charge in [0, 0.05) is 13.0 Å². The molecule has 0 saturated carbocycles. The summed E-state index contributed by atoms with van der Waals surface area (Å²) in [4.78, 5) is 22.5. The van der Waals surface area contributed by atoms with E-state index in [1.165, 1.54) is 0 Å². The number of nitrogens with one attached hydrogen (secondary N) is 1. The van der Waals surface area contributed by atoms with Crippen molar-refractivity contribution >= 4 is 11.9 Å². The smallest absolute Gasteiger partial charge is 0.303 e. The van der Waals surface area contributed by atoms with Crippen LogP contribution in [-0.4, -0.2) is 36.2 Å². The molecule has 2 N–H and O–H groups in total. The third-order valence-electron chi connectivity index (χ3n) is 3.88. The minimum atomic E-state index is -0.743. The highest BCUT2D eigenvalue weighted by Gasteiger charge is 2.27. The van der Waals surface area contributed by atoms with Crippen molar-refractivity contribution in [2.24, 2.45) is 11.8 Å². The molecule has 1 amide bonds. The van der Waals surface area contributed by atoms with Gasteiger partial charge in [-0.25, -0.2) is 0 Å². The summed E-state index contributed by atoms with van der Waals surface area (Å²) in [5, 5.41) is 11.7. The van der Waals surface area contributed by atoms with Gasteiger partial charge in [-0.05, 0) is 32.1 Å². The molecule has 3 unspecified atom stereocenters. The van der Waals surface area contributed by atoms with Crippen LogP contribution in [0.15, 0.2) is 0 Å². The Morgan fingerprint density at radius 1 is 1.35 bits per heavy atom. The average Bonchev–Trinajstić information content (AvgIpc) is 2.82. The second-order valence-electron chi connectivity index (χ2n) is 5.74. The standard InChI is InChI=1S/C15H27NO4/c1-3-4-12(5-6-14(17)18)7-8-16-15(19)13-9-11(2)20-10-13/h11-13H,3-10H2,1-2H3,(H,16,19)(H,17,18). The number of carbonyl (C=O) groups excluding carboxylic acids is 1. The van der Waals surface area contributed by atoms with E-state index in [9.17, 15) is 9.59 Å². The molecule has 1 aliphatic rings. The predicted molar refractivity (Wildman–Crippen MR) is 76.4 cm³/mol. The van der Waals surface area contributed by atoms with Gasteiger partial charge in [-0.15, -0.1) is 0 Å². The van der Waals surface area contributed by atoms with Gasteiger partial charge in [-0.1, -0.05) is 19.8 Å². The first-order chi connectivity index (χ1) is 9.52. The highest BCUT2D eigenvalue weighted by atomic mass is 16.5. The predicted octanol–water partition coefficient (Wildman–Crippen LogP) is 2.20. The molecular formula is C15H27NO4. The summed E-state index contributed by atoms with van der Waals surface area (Å²) in [5.41, 5.74) is 0. The molecule has 0 bridgehead atoms. The number of aliphatic carboxylic acids is 1. The normalized spacial score (nSPS) is 23.5. The first kappa shape index (κ1) is 17.0. The van der Waals surface area contributed by atoms with Crippen molar-refractivity contribution in [1.29, 1.82) is 0 Å². The van der Waals surface area contributed by atoms with Crippen molar-refractivity contribution < 1.29 is 19.4 Å². The Balaban J connectivity index is 2.21. The van der Waals surface area contributed by atoms with Crippen molar-refractivity contribution in [3.63, 3.8) is 0 Å². The van der Waals surface area contributed by atoms with Crippen molar-refractivity contribution in [3.05, 3.63) is 0 Å². The van der Waals surface area contributed by atoms with E-state index in [1.807, 2.05) is 6.92 Å². The van der Waals surface area contributed by atoms with E-state index in [2.05, 4.69) is 12.2 Å². The molecule has 0 aromatic heterocycles. The second-order valence-corrected chi connectivity index (χ2v) is 5.74. The van der Waals surface area contributed by atoms with Gasteiger partial charge in [0.25, 0.3) is 0 Å². The van der Waals surface area contributed by atoms with Gasteiger partial charge in [-0.3, -0.25) is 9.59 Å². The second kappa shape index (κ2) is 8.95. The number of carboxylic acid groups (broad SMARTS) is 1. The van der Waals surface area contributed by atoms with Gasteiger partial charge in [0.1, 0.15) is 0 Å². The summed E-state index contributed by atoms with van der Waals surface area (Å²) in [7, 11) is 0. The molecule has 5 nitrogen and oxygen atoms in total. The van der Waals surface area contributed by atoms with Crippen LogP contribution in [0.1, 0.15) is 52.4 Å². The van der Waals surface area contributed by atoms with Crippen LogP contribution in [0.4, 0.5) is 0 Å². The molecule has 1 heterocycles. The van der Waals surface area contributed by atoms with Crippen molar-refractivity contribution in [2.75, 3.05) is 13.2 Å². The lowest BCUT2D eigenvalue weighted by Crippen LogP contribution is -2.32. The van der Waals surface area contributed by atoms with Gasteiger partial charge in [0.15, 0.2) is 0 Å². The molecule has 0 aliphatic carbocycles. The van der Waals surface area contributed by atoms with Crippen LogP contribution in [0.2, 0.25) is 0 Å². The Morgan fingerprint density at radius 3 is 2.65 bits per heavy atom. The molecule has 20 heavy (non-hydrogen) atoms. The molecule has 116 valence electrons. The van der Waals surface area contributed by atoms with Crippen LogP contribution >= 0.6 is 0 Å². The third kappa shape index (κ3) is 6.37.